The first-order valence-electron chi connectivity index (χ1n) is 9.39. The Bertz CT molecular complexity index is 772. The molecule has 0 aromatic rings. The number of likely N-dealkylation sites (N-methyl/N-ethyl adjacent to an activating group) is 1. The molecule has 1 N–H and O–H groups in total. The number of carbonyl (C=O) groups excluding carboxylic acids is 2. The first-order valence-corrected chi connectivity index (χ1v) is 9.39. The average Bonchev–Trinajstić information content (AvgIpc) is 3.09. The number of likely N-dealkylation sites (tertiary alicyclic amines) is 1. The van der Waals surface area contributed by atoms with E-state index in [4.69, 9.17) is 14.2 Å². The highest BCUT2D eigenvalue weighted by Gasteiger charge is 2.78. The molecule has 0 radical (unpaired) electrons. The normalized spacial score (nSPS) is 41.5. The van der Waals surface area contributed by atoms with Crippen molar-refractivity contribution in [2.75, 3.05) is 34.9 Å². The molecule has 148 valence electrons. The maximum atomic E-state index is 13.4. The highest BCUT2D eigenvalue weighted by atomic mass is 16.5. The van der Waals surface area contributed by atoms with E-state index in [1.54, 1.807) is 7.11 Å². The molecule has 2 fully saturated rings. The lowest BCUT2D eigenvalue weighted by Gasteiger charge is -2.54. The minimum Gasteiger partial charge on any atom is -0.498 e. The van der Waals surface area contributed by atoms with Crippen LogP contribution in [0.4, 0.5) is 0 Å². The Morgan fingerprint density at radius 1 is 1.11 bits per heavy atom. The van der Waals surface area contributed by atoms with Gasteiger partial charge in [0.15, 0.2) is 11.5 Å². The molecule has 1 aliphatic heterocycles. The van der Waals surface area contributed by atoms with Crippen LogP contribution < -0.4 is 0 Å². The Kier molecular flexibility index (Phi) is 3.99. The quantitative estimate of drug-likeness (QED) is 0.790. The van der Waals surface area contributed by atoms with Crippen LogP contribution in [0.2, 0.25) is 0 Å². The Hall–Kier alpha value is -1.86. The summed E-state index contributed by atoms with van der Waals surface area (Å²) in [6.45, 7) is 0.753. The predicted molar refractivity (Wildman–Crippen MR) is 95.5 cm³/mol. The molecule has 1 heterocycles. The second-order valence-electron chi connectivity index (χ2n) is 8.20. The number of ketones is 2. The number of allylic oxidation sites excluding steroid dienone is 2. The Labute approximate surface area is 158 Å². The van der Waals surface area contributed by atoms with Gasteiger partial charge in [-0.25, -0.2) is 0 Å². The Morgan fingerprint density at radius 3 is 2.48 bits per heavy atom. The first-order chi connectivity index (χ1) is 12.8. The van der Waals surface area contributed by atoms with Crippen LogP contribution in [0.15, 0.2) is 23.4 Å². The summed E-state index contributed by atoms with van der Waals surface area (Å²) in [5, 5.41) is 10.7. The third-order valence-corrected chi connectivity index (χ3v) is 7.70. The van der Waals surface area contributed by atoms with Gasteiger partial charge in [-0.15, -0.1) is 0 Å². The Balaban J connectivity index is 1.96. The number of aliphatic hydroxyl groups is 1. The molecule has 3 aliphatic carbocycles. The fourth-order valence-electron chi connectivity index (χ4n) is 6.61. The molecule has 4 aliphatic rings. The van der Waals surface area contributed by atoms with Crippen molar-refractivity contribution in [3.63, 3.8) is 0 Å². The van der Waals surface area contributed by atoms with Gasteiger partial charge in [-0.3, -0.25) is 14.5 Å². The van der Waals surface area contributed by atoms with Gasteiger partial charge in [0.1, 0.15) is 11.9 Å². The molecule has 0 aromatic heterocycles. The van der Waals surface area contributed by atoms with E-state index in [1.807, 2.05) is 7.05 Å². The van der Waals surface area contributed by atoms with Crippen molar-refractivity contribution in [2.24, 2.45) is 10.8 Å². The summed E-state index contributed by atoms with van der Waals surface area (Å²) >= 11 is 0. The third-order valence-electron chi connectivity index (χ3n) is 7.70. The fourth-order valence-corrected chi connectivity index (χ4v) is 6.61. The fraction of sp³-hybridized carbons (Fsp3) is 0.700. The predicted octanol–water partition coefficient (Wildman–Crippen LogP) is 1.17. The minimum atomic E-state index is -0.849. The van der Waals surface area contributed by atoms with Gasteiger partial charge in [0.2, 0.25) is 11.5 Å². The van der Waals surface area contributed by atoms with E-state index in [0.29, 0.717) is 30.8 Å². The first kappa shape index (κ1) is 18.5. The lowest BCUT2D eigenvalue weighted by molar-refractivity contribution is -0.145. The number of carbonyl (C=O) groups is 2. The standard InChI is InChI=1S/C20H27NO6/c1-21-8-7-19-11-13(23)16(26-3)17(27-4)20(19,21)6-5-18(19)10-12(22)14(25-2)9-15(18)24/h9,12,22H,5-8,10-11H2,1-4H3. The van der Waals surface area contributed by atoms with Gasteiger partial charge >= 0.3 is 0 Å². The number of hydrogen-bond donors (Lipinski definition) is 1. The lowest BCUT2D eigenvalue weighted by Crippen LogP contribution is -2.61. The van der Waals surface area contributed by atoms with Crippen LogP contribution in [0.5, 0.6) is 0 Å². The van der Waals surface area contributed by atoms with E-state index in [9.17, 15) is 14.7 Å². The summed E-state index contributed by atoms with van der Waals surface area (Å²) in [5.41, 5.74) is -2.00. The van der Waals surface area contributed by atoms with Crippen LogP contribution >= 0.6 is 0 Å². The molecule has 4 atom stereocenters. The molecule has 1 saturated heterocycles. The molecule has 7 nitrogen and oxygen atoms in total. The molecule has 0 bridgehead atoms. The highest BCUT2D eigenvalue weighted by Crippen LogP contribution is 2.73. The molecule has 4 rings (SSSR count). The topological polar surface area (TPSA) is 85.3 Å². The number of hydrogen-bond acceptors (Lipinski definition) is 7. The second kappa shape index (κ2) is 5.82. The molecule has 27 heavy (non-hydrogen) atoms. The van der Waals surface area contributed by atoms with Gasteiger partial charge in [0, 0.05) is 23.3 Å². The maximum Gasteiger partial charge on any atom is 0.201 e. The van der Waals surface area contributed by atoms with E-state index < -0.39 is 22.5 Å². The summed E-state index contributed by atoms with van der Waals surface area (Å²) < 4.78 is 16.4. The van der Waals surface area contributed by atoms with Gasteiger partial charge in [0.25, 0.3) is 0 Å². The van der Waals surface area contributed by atoms with Crippen molar-refractivity contribution >= 4 is 11.6 Å². The van der Waals surface area contributed by atoms with E-state index in [1.165, 1.54) is 20.3 Å². The smallest absolute Gasteiger partial charge is 0.201 e. The molecular formula is C20H27NO6. The van der Waals surface area contributed by atoms with E-state index in [0.717, 1.165) is 6.54 Å². The molecule has 0 aromatic carbocycles. The van der Waals surface area contributed by atoms with Crippen LogP contribution in [0.1, 0.15) is 32.1 Å². The number of methoxy groups -OCH3 is 3. The van der Waals surface area contributed by atoms with E-state index in [-0.39, 0.29) is 30.2 Å². The summed E-state index contributed by atoms with van der Waals surface area (Å²) in [6, 6.07) is 0. The van der Waals surface area contributed by atoms with Gasteiger partial charge in [-0.2, -0.15) is 0 Å². The number of Topliss-reactive ketones (excluding diaryl/α,β-unsaturated/α-hetero) is 1. The van der Waals surface area contributed by atoms with Crippen molar-refractivity contribution < 1.29 is 28.9 Å². The monoisotopic (exact) mass is 377 g/mol. The van der Waals surface area contributed by atoms with Crippen LogP contribution in [0.3, 0.4) is 0 Å². The largest absolute Gasteiger partial charge is 0.498 e. The molecule has 1 saturated carbocycles. The van der Waals surface area contributed by atoms with Crippen molar-refractivity contribution in [1.29, 1.82) is 0 Å². The van der Waals surface area contributed by atoms with Crippen molar-refractivity contribution in [1.82, 2.24) is 4.90 Å². The van der Waals surface area contributed by atoms with Gasteiger partial charge < -0.3 is 19.3 Å². The highest BCUT2D eigenvalue weighted by molar-refractivity contribution is 6.01. The van der Waals surface area contributed by atoms with Crippen LogP contribution in [-0.4, -0.2) is 68.1 Å². The molecule has 1 spiro atoms. The second-order valence-corrected chi connectivity index (χ2v) is 8.20. The summed E-state index contributed by atoms with van der Waals surface area (Å²) in [4.78, 5) is 28.6. The molecular weight excluding hydrogens is 350 g/mol. The minimum absolute atomic E-state index is 0.0501. The Morgan fingerprint density at radius 2 is 1.85 bits per heavy atom. The molecule has 0 amide bonds. The summed E-state index contributed by atoms with van der Waals surface area (Å²) in [5.74, 6) is 0.905. The average molecular weight is 377 g/mol. The third kappa shape index (κ3) is 1.89. The zero-order valence-corrected chi connectivity index (χ0v) is 16.3. The van der Waals surface area contributed by atoms with Crippen LogP contribution in [-0.2, 0) is 23.8 Å². The molecule has 4 unspecified atom stereocenters. The van der Waals surface area contributed by atoms with Gasteiger partial charge in [-0.1, -0.05) is 0 Å². The van der Waals surface area contributed by atoms with Gasteiger partial charge in [0.05, 0.1) is 26.9 Å². The number of ether oxygens (including phenoxy) is 3. The zero-order chi connectivity index (χ0) is 19.6. The SMILES string of the molecule is COC1=CC(=O)C2(CCC34C(OC)=C(OC)C(=O)CC23CCN4C)CC1O. The van der Waals surface area contributed by atoms with Gasteiger partial charge in [-0.05, 0) is 39.3 Å². The maximum absolute atomic E-state index is 13.4. The number of aliphatic hydroxyl groups excluding tert-OH is 1. The van der Waals surface area contributed by atoms with E-state index >= 15 is 0 Å². The summed E-state index contributed by atoms with van der Waals surface area (Å²) in [6.07, 6.45) is 3.06. The van der Waals surface area contributed by atoms with Crippen LogP contribution in [0.25, 0.3) is 0 Å². The molecule has 7 heteroatoms. The number of nitrogens with zero attached hydrogens (tertiary/aromatic N) is 1. The summed E-state index contributed by atoms with van der Waals surface area (Å²) in [7, 11) is 6.52. The van der Waals surface area contributed by atoms with Crippen molar-refractivity contribution in [3.8, 4) is 0 Å². The van der Waals surface area contributed by atoms with Crippen LogP contribution in [0, 0.1) is 10.8 Å². The van der Waals surface area contributed by atoms with Crippen molar-refractivity contribution in [2.45, 2.75) is 43.7 Å². The van der Waals surface area contributed by atoms with E-state index in [2.05, 4.69) is 4.90 Å². The number of rotatable bonds is 3. The van der Waals surface area contributed by atoms with Crippen molar-refractivity contribution in [3.05, 3.63) is 23.4 Å². The zero-order valence-electron chi connectivity index (χ0n) is 16.3. The lowest BCUT2D eigenvalue weighted by atomic mass is 9.51.